The van der Waals surface area contributed by atoms with Gasteiger partial charge in [0.05, 0.1) is 0 Å². The van der Waals surface area contributed by atoms with Crippen molar-refractivity contribution in [1.82, 2.24) is 0 Å². The average Bonchev–Trinajstić information content (AvgIpc) is 2.36. The summed E-state index contributed by atoms with van der Waals surface area (Å²) in [6.45, 7) is 0.356. The lowest BCUT2D eigenvalue weighted by Gasteiger charge is -2.37. The van der Waals surface area contributed by atoms with Crippen molar-refractivity contribution in [1.29, 1.82) is 0 Å². The molecule has 2 atom stereocenters. The molecule has 0 aromatic rings. The molecule has 0 aliphatic carbocycles. The van der Waals surface area contributed by atoms with Crippen LogP contribution in [0.5, 0.6) is 0 Å². The zero-order valence-corrected chi connectivity index (χ0v) is 12.6. The molecule has 1 fully saturated rings. The fraction of sp³-hybridized carbons (Fsp3) is 0.818. The van der Waals surface area contributed by atoms with Gasteiger partial charge in [0.2, 0.25) is 7.37 Å². The molecule has 5 N–H and O–H groups in total. The van der Waals surface area contributed by atoms with Crippen molar-refractivity contribution in [3.05, 3.63) is 0 Å². The van der Waals surface area contributed by atoms with Crippen molar-refractivity contribution in [2.45, 2.75) is 43.4 Å². The zero-order valence-electron chi connectivity index (χ0n) is 11.7. The Kier molecular flexibility index (Phi) is 7.53. The van der Waals surface area contributed by atoms with Gasteiger partial charge in [-0.2, -0.15) is 13.2 Å². The van der Waals surface area contributed by atoms with Crippen LogP contribution in [-0.2, 0) is 14.2 Å². The highest BCUT2D eigenvalue weighted by Crippen LogP contribution is 2.62. The van der Waals surface area contributed by atoms with Gasteiger partial charge in [-0.15, -0.1) is 0 Å². The monoisotopic (exact) mass is 349 g/mol. The second-order valence-electron chi connectivity index (χ2n) is 4.91. The molecule has 1 aliphatic heterocycles. The second-order valence-corrected chi connectivity index (χ2v) is 7.62. The van der Waals surface area contributed by atoms with E-state index in [0.717, 1.165) is 0 Å². The Bertz CT molecular complexity index is 456. The number of carboxylic acid groups (broad SMARTS) is 2. The summed E-state index contributed by atoms with van der Waals surface area (Å²) in [5.74, 6) is -3.89. The maximum absolute atomic E-state index is 12.0. The minimum atomic E-state index is -5.08. The van der Waals surface area contributed by atoms with Gasteiger partial charge in [0.15, 0.2) is 0 Å². The van der Waals surface area contributed by atoms with Crippen molar-refractivity contribution >= 4 is 19.3 Å². The number of hydrogen-bond acceptors (Lipinski definition) is 4. The second kappa shape index (κ2) is 7.94. The van der Waals surface area contributed by atoms with Gasteiger partial charge in [-0.25, -0.2) is 4.79 Å². The van der Waals surface area contributed by atoms with E-state index in [-0.39, 0.29) is 12.6 Å². The van der Waals surface area contributed by atoms with Crippen LogP contribution < -0.4 is 5.73 Å². The van der Waals surface area contributed by atoms with Crippen LogP contribution in [-0.4, -0.2) is 51.1 Å². The Morgan fingerprint density at radius 2 is 1.73 bits per heavy atom. The SMILES string of the molecule is NCCCC1(C(=O)O)CCCCP1(=O)O.O=C(O)C(F)(F)F. The van der Waals surface area contributed by atoms with Crippen LogP contribution in [0.15, 0.2) is 0 Å². The van der Waals surface area contributed by atoms with Crippen LogP contribution in [0.1, 0.15) is 32.1 Å². The highest BCUT2D eigenvalue weighted by molar-refractivity contribution is 7.60. The van der Waals surface area contributed by atoms with Gasteiger partial charge in [-0.3, -0.25) is 9.36 Å². The van der Waals surface area contributed by atoms with Crippen LogP contribution in [0.3, 0.4) is 0 Å². The zero-order chi connectivity index (χ0) is 17.6. The number of carboxylic acids is 2. The third-order valence-corrected chi connectivity index (χ3v) is 6.30. The predicted octanol–water partition coefficient (Wildman–Crippen LogP) is 1.64. The summed E-state index contributed by atoms with van der Waals surface area (Å²) in [6, 6.07) is 0. The van der Waals surface area contributed by atoms with E-state index < -0.39 is 30.6 Å². The molecule has 0 aromatic carbocycles. The van der Waals surface area contributed by atoms with E-state index in [1.54, 1.807) is 0 Å². The summed E-state index contributed by atoms with van der Waals surface area (Å²) in [6.07, 6.45) is -2.60. The number of rotatable bonds is 4. The fourth-order valence-electron chi connectivity index (χ4n) is 2.19. The predicted molar refractivity (Wildman–Crippen MR) is 70.9 cm³/mol. The molecular weight excluding hydrogens is 330 g/mol. The van der Waals surface area contributed by atoms with Gasteiger partial charge >= 0.3 is 18.1 Å². The fourth-order valence-corrected chi connectivity index (χ4v) is 4.58. The Labute approximate surface area is 124 Å². The van der Waals surface area contributed by atoms with Crippen LogP contribution in [0.2, 0.25) is 0 Å². The Balaban J connectivity index is 0.000000534. The third kappa shape index (κ3) is 5.26. The van der Waals surface area contributed by atoms with E-state index in [1.807, 2.05) is 0 Å². The van der Waals surface area contributed by atoms with Gasteiger partial charge < -0.3 is 20.8 Å². The number of aliphatic carboxylic acids is 2. The van der Waals surface area contributed by atoms with Crippen LogP contribution in [0.4, 0.5) is 13.2 Å². The molecule has 0 amide bonds. The van der Waals surface area contributed by atoms with E-state index >= 15 is 0 Å². The van der Waals surface area contributed by atoms with Crippen molar-refractivity contribution in [3.8, 4) is 0 Å². The van der Waals surface area contributed by atoms with Gasteiger partial charge in [-0.1, -0.05) is 6.42 Å². The molecule has 22 heavy (non-hydrogen) atoms. The van der Waals surface area contributed by atoms with Gasteiger partial charge in [0.25, 0.3) is 0 Å². The molecule has 7 nitrogen and oxygen atoms in total. The van der Waals surface area contributed by atoms with E-state index in [0.29, 0.717) is 32.2 Å². The number of halogens is 3. The molecular formula is C11H19F3NO6P. The largest absolute Gasteiger partial charge is 0.490 e. The number of hydrogen-bond donors (Lipinski definition) is 4. The Hall–Kier alpha value is -1.12. The first-order chi connectivity index (χ1) is 9.90. The molecule has 1 heterocycles. The average molecular weight is 349 g/mol. The topological polar surface area (TPSA) is 138 Å². The lowest BCUT2D eigenvalue weighted by Crippen LogP contribution is -2.41. The number of carbonyl (C=O) groups is 2. The molecule has 130 valence electrons. The minimum Gasteiger partial charge on any atom is -0.480 e. The van der Waals surface area contributed by atoms with Crippen molar-refractivity contribution in [2.24, 2.45) is 5.73 Å². The van der Waals surface area contributed by atoms with E-state index in [4.69, 9.17) is 15.6 Å². The standard InChI is InChI=1S/C9H18NO4P.C2HF3O2/c10-6-3-5-9(8(11)12)4-1-2-7-15(9,13)14;3-2(4,5)1(6)7/h1-7,10H2,(H,11,12)(H,13,14);(H,6,7). The summed E-state index contributed by atoms with van der Waals surface area (Å²) in [5, 5.41) is 14.9. The quantitative estimate of drug-likeness (QED) is 0.566. The Morgan fingerprint density at radius 1 is 1.23 bits per heavy atom. The van der Waals surface area contributed by atoms with Gasteiger partial charge in [0.1, 0.15) is 5.16 Å². The molecule has 0 radical (unpaired) electrons. The molecule has 1 saturated heterocycles. The molecule has 0 saturated carbocycles. The molecule has 0 spiro atoms. The molecule has 2 unspecified atom stereocenters. The first-order valence-electron chi connectivity index (χ1n) is 6.46. The third-order valence-electron chi connectivity index (χ3n) is 3.41. The maximum atomic E-state index is 12.0. The van der Waals surface area contributed by atoms with Crippen LogP contribution in [0, 0.1) is 0 Å². The molecule has 1 aliphatic rings. The highest BCUT2D eigenvalue weighted by Gasteiger charge is 2.54. The van der Waals surface area contributed by atoms with Gasteiger partial charge in [0, 0.05) is 6.16 Å². The first kappa shape index (κ1) is 20.9. The molecule has 1 rings (SSSR count). The minimum absolute atomic E-state index is 0.129. The van der Waals surface area contributed by atoms with E-state index in [1.165, 1.54) is 0 Å². The number of nitrogens with two attached hydrogens (primary N) is 1. The molecule has 0 bridgehead atoms. The van der Waals surface area contributed by atoms with Gasteiger partial charge in [-0.05, 0) is 32.2 Å². The van der Waals surface area contributed by atoms with Crippen LogP contribution in [0.25, 0.3) is 0 Å². The summed E-state index contributed by atoms with van der Waals surface area (Å²) < 4.78 is 43.7. The smallest absolute Gasteiger partial charge is 0.480 e. The van der Waals surface area contributed by atoms with E-state index in [9.17, 15) is 32.5 Å². The summed E-state index contributed by atoms with van der Waals surface area (Å²) in [5.41, 5.74) is 5.33. The van der Waals surface area contributed by atoms with E-state index in [2.05, 4.69) is 0 Å². The lowest BCUT2D eigenvalue weighted by molar-refractivity contribution is -0.192. The highest BCUT2D eigenvalue weighted by atomic mass is 31.2. The number of alkyl halides is 3. The Morgan fingerprint density at radius 3 is 2.05 bits per heavy atom. The summed E-state index contributed by atoms with van der Waals surface area (Å²) >= 11 is 0. The summed E-state index contributed by atoms with van der Waals surface area (Å²) in [7, 11) is -3.57. The van der Waals surface area contributed by atoms with Crippen molar-refractivity contribution in [3.63, 3.8) is 0 Å². The van der Waals surface area contributed by atoms with Crippen molar-refractivity contribution < 1.29 is 42.4 Å². The first-order valence-corrected chi connectivity index (χ1v) is 8.30. The summed E-state index contributed by atoms with van der Waals surface area (Å²) in [4.78, 5) is 29.9. The maximum Gasteiger partial charge on any atom is 0.490 e. The molecule has 11 heteroatoms. The lowest BCUT2D eigenvalue weighted by atomic mass is 9.95. The van der Waals surface area contributed by atoms with Crippen molar-refractivity contribution in [2.75, 3.05) is 12.7 Å². The normalized spacial score (nSPS) is 28.4. The van der Waals surface area contributed by atoms with Crippen LogP contribution >= 0.6 is 7.37 Å². The molecule has 0 aromatic heterocycles.